The Hall–Kier alpha value is -1.40. The Bertz CT molecular complexity index is 628. The molecule has 1 aromatic carbocycles. The molecule has 0 aromatic heterocycles. The quantitative estimate of drug-likeness (QED) is 0.797. The van der Waals surface area contributed by atoms with Crippen LogP contribution < -0.4 is 5.32 Å². The van der Waals surface area contributed by atoms with Crippen molar-refractivity contribution in [1.82, 2.24) is 10.2 Å². The van der Waals surface area contributed by atoms with E-state index in [1.54, 1.807) is 11.9 Å². The topological polar surface area (TPSA) is 66.5 Å². The van der Waals surface area contributed by atoms with Gasteiger partial charge in [0.1, 0.15) is 0 Å². The number of sulfone groups is 1. The average Bonchev–Trinajstić information content (AvgIpc) is 2.84. The lowest BCUT2D eigenvalue weighted by Gasteiger charge is -2.23. The molecule has 0 spiro atoms. The predicted molar refractivity (Wildman–Crippen MR) is 87.3 cm³/mol. The second-order valence-corrected chi connectivity index (χ2v) is 8.14. The molecule has 0 aliphatic carbocycles. The molecule has 6 heteroatoms. The van der Waals surface area contributed by atoms with Crippen LogP contribution in [0, 0.1) is 6.92 Å². The number of carbonyl (C=O) groups is 1. The van der Waals surface area contributed by atoms with Gasteiger partial charge in [0.15, 0.2) is 9.84 Å². The molecule has 1 N–H and O–H groups in total. The largest absolute Gasteiger partial charge is 0.342 e. The third kappa shape index (κ3) is 4.55. The number of rotatable bonds is 6. The highest BCUT2D eigenvalue weighted by molar-refractivity contribution is 7.91. The van der Waals surface area contributed by atoms with E-state index in [-0.39, 0.29) is 23.5 Å². The first kappa shape index (κ1) is 17.0. The van der Waals surface area contributed by atoms with Crippen LogP contribution >= 0.6 is 0 Å². The van der Waals surface area contributed by atoms with Crippen molar-refractivity contribution in [3.8, 4) is 0 Å². The third-order valence-electron chi connectivity index (χ3n) is 4.24. The molecule has 1 fully saturated rings. The molecular weight excluding hydrogens is 300 g/mol. The van der Waals surface area contributed by atoms with Crippen molar-refractivity contribution in [3.05, 3.63) is 35.4 Å². The normalized spacial score (nSPS) is 20.0. The minimum absolute atomic E-state index is 0.000571. The van der Waals surface area contributed by atoms with Crippen LogP contribution in [0.4, 0.5) is 0 Å². The van der Waals surface area contributed by atoms with Crippen molar-refractivity contribution < 1.29 is 13.2 Å². The van der Waals surface area contributed by atoms with Crippen molar-refractivity contribution in [1.29, 1.82) is 0 Å². The van der Waals surface area contributed by atoms with Crippen LogP contribution in [-0.4, -0.2) is 50.4 Å². The number of benzene rings is 1. The van der Waals surface area contributed by atoms with Crippen LogP contribution in [0.5, 0.6) is 0 Å². The maximum atomic E-state index is 12.1. The van der Waals surface area contributed by atoms with Gasteiger partial charge in [0.05, 0.1) is 11.5 Å². The van der Waals surface area contributed by atoms with Gasteiger partial charge < -0.3 is 10.2 Å². The molecule has 1 atom stereocenters. The van der Waals surface area contributed by atoms with E-state index >= 15 is 0 Å². The summed E-state index contributed by atoms with van der Waals surface area (Å²) in [4.78, 5) is 13.7. The molecule has 1 unspecified atom stereocenters. The van der Waals surface area contributed by atoms with Crippen LogP contribution in [0.1, 0.15) is 24.0 Å². The molecular formula is C16H24N2O3S. The molecule has 0 saturated carbocycles. The van der Waals surface area contributed by atoms with Crippen molar-refractivity contribution in [3.63, 3.8) is 0 Å². The van der Waals surface area contributed by atoms with Gasteiger partial charge in [0.25, 0.3) is 0 Å². The molecule has 1 aliphatic heterocycles. The van der Waals surface area contributed by atoms with E-state index in [0.717, 1.165) is 6.54 Å². The number of amides is 1. The highest BCUT2D eigenvalue weighted by atomic mass is 32.2. The standard InChI is InChI=1S/C16H24N2O3S/c1-13-5-3-4-6-14(13)11-17-9-7-16(19)18(2)15-8-10-22(20,21)12-15/h3-6,15,17H,7-12H2,1-2H3. The summed E-state index contributed by atoms with van der Waals surface area (Å²) < 4.78 is 22.9. The summed E-state index contributed by atoms with van der Waals surface area (Å²) in [6, 6.07) is 7.99. The third-order valence-corrected chi connectivity index (χ3v) is 5.99. The second kappa shape index (κ2) is 7.24. The maximum absolute atomic E-state index is 12.1. The molecule has 1 aliphatic rings. The SMILES string of the molecule is Cc1ccccc1CNCCC(=O)N(C)C1CCS(=O)(=O)C1. The molecule has 1 amide bonds. The van der Waals surface area contributed by atoms with Gasteiger partial charge in [-0.2, -0.15) is 0 Å². The van der Waals surface area contributed by atoms with E-state index in [1.165, 1.54) is 11.1 Å². The van der Waals surface area contributed by atoms with Crippen molar-refractivity contribution in [2.45, 2.75) is 32.4 Å². The fraction of sp³-hybridized carbons (Fsp3) is 0.562. The van der Waals surface area contributed by atoms with E-state index in [1.807, 2.05) is 12.1 Å². The Kier molecular flexibility index (Phi) is 5.58. The summed E-state index contributed by atoms with van der Waals surface area (Å²) in [6.07, 6.45) is 0.945. The Labute approximate surface area is 132 Å². The van der Waals surface area contributed by atoms with Gasteiger partial charge in [0, 0.05) is 32.6 Å². The van der Waals surface area contributed by atoms with Crippen molar-refractivity contribution >= 4 is 15.7 Å². The molecule has 1 saturated heterocycles. The summed E-state index contributed by atoms with van der Waals surface area (Å²) in [6.45, 7) is 3.40. The van der Waals surface area contributed by atoms with Crippen LogP contribution in [-0.2, 0) is 21.2 Å². The van der Waals surface area contributed by atoms with Crippen LogP contribution in [0.25, 0.3) is 0 Å². The van der Waals surface area contributed by atoms with Crippen molar-refractivity contribution in [2.24, 2.45) is 0 Å². The van der Waals surface area contributed by atoms with E-state index in [4.69, 9.17) is 0 Å². The first-order chi connectivity index (χ1) is 10.4. The molecule has 5 nitrogen and oxygen atoms in total. The zero-order chi connectivity index (χ0) is 16.2. The first-order valence-electron chi connectivity index (χ1n) is 7.60. The van der Waals surface area contributed by atoms with E-state index < -0.39 is 9.84 Å². The van der Waals surface area contributed by atoms with Gasteiger partial charge >= 0.3 is 0 Å². The van der Waals surface area contributed by atoms with Gasteiger partial charge in [-0.15, -0.1) is 0 Å². The van der Waals surface area contributed by atoms with Gasteiger partial charge in [0.2, 0.25) is 5.91 Å². The summed E-state index contributed by atoms with van der Waals surface area (Å²) in [5, 5.41) is 3.27. The number of nitrogens with one attached hydrogen (secondary N) is 1. The number of hydrogen-bond donors (Lipinski definition) is 1. The monoisotopic (exact) mass is 324 g/mol. The zero-order valence-corrected chi connectivity index (χ0v) is 14.0. The van der Waals surface area contributed by atoms with Crippen LogP contribution in [0.2, 0.25) is 0 Å². The predicted octanol–water partition coefficient (Wildman–Crippen LogP) is 1.12. The smallest absolute Gasteiger partial charge is 0.223 e. The number of hydrogen-bond acceptors (Lipinski definition) is 4. The summed E-state index contributed by atoms with van der Waals surface area (Å²) >= 11 is 0. The average molecular weight is 324 g/mol. The Morgan fingerprint density at radius 3 is 2.73 bits per heavy atom. The highest BCUT2D eigenvalue weighted by Crippen LogP contribution is 2.17. The summed E-state index contributed by atoms with van der Waals surface area (Å²) in [5.74, 6) is 0.298. The van der Waals surface area contributed by atoms with E-state index in [9.17, 15) is 13.2 Å². The van der Waals surface area contributed by atoms with Crippen LogP contribution in [0.3, 0.4) is 0 Å². The van der Waals surface area contributed by atoms with Gasteiger partial charge in [-0.3, -0.25) is 4.79 Å². The minimum atomic E-state index is -2.95. The summed E-state index contributed by atoms with van der Waals surface area (Å²) in [7, 11) is -1.25. The molecule has 1 heterocycles. The zero-order valence-electron chi connectivity index (χ0n) is 13.2. The number of carbonyl (C=O) groups excluding carboxylic acids is 1. The lowest BCUT2D eigenvalue weighted by atomic mass is 10.1. The molecule has 1 aromatic rings. The first-order valence-corrected chi connectivity index (χ1v) is 9.42. The minimum Gasteiger partial charge on any atom is -0.342 e. The molecule has 2 rings (SSSR count). The Balaban J connectivity index is 1.73. The lowest BCUT2D eigenvalue weighted by molar-refractivity contribution is -0.131. The lowest BCUT2D eigenvalue weighted by Crippen LogP contribution is -2.39. The van der Waals surface area contributed by atoms with E-state index in [2.05, 4.69) is 24.4 Å². The second-order valence-electron chi connectivity index (χ2n) is 5.91. The van der Waals surface area contributed by atoms with E-state index in [0.29, 0.717) is 19.4 Å². The van der Waals surface area contributed by atoms with Gasteiger partial charge in [-0.1, -0.05) is 24.3 Å². The fourth-order valence-electron chi connectivity index (χ4n) is 2.69. The fourth-order valence-corrected chi connectivity index (χ4v) is 4.46. The molecule has 122 valence electrons. The molecule has 0 radical (unpaired) electrons. The highest BCUT2D eigenvalue weighted by Gasteiger charge is 2.32. The van der Waals surface area contributed by atoms with Crippen LogP contribution in [0.15, 0.2) is 24.3 Å². The molecule has 22 heavy (non-hydrogen) atoms. The number of aryl methyl sites for hydroxylation is 1. The van der Waals surface area contributed by atoms with Gasteiger partial charge in [-0.05, 0) is 24.5 Å². The number of nitrogens with zero attached hydrogens (tertiary/aromatic N) is 1. The Morgan fingerprint density at radius 2 is 2.09 bits per heavy atom. The van der Waals surface area contributed by atoms with Gasteiger partial charge in [-0.25, -0.2) is 8.42 Å². The molecule has 0 bridgehead atoms. The summed E-state index contributed by atoms with van der Waals surface area (Å²) in [5.41, 5.74) is 2.46. The van der Waals surface area contributed by atoms with Crippen molar-refractivity contribution in [2.75, 3.05) is 25.1 Å². The Morgan fingerprint density at radius 1 is 1.36 bits per heavy atom. The maximum Gasteiger partial charge on any atom is 0.223 e.